The van der Waals surface area contributed by atoms with Crippen LogP contribution < -0.4 is 5.73 Å². The number of benzene rings is 1. The molecular weight excluding hydrogens is 230 g/mol. The Bertz CT molecular complexity index is 502. The topological polar surface area (TPSA) is 51.3 Å². The van der Waals surface area contributed by atoms with Gasteiger partial charge < -0.3 is 5.73 Å². The molecule has 2 rings (SSSR count). The van der Waals surface area contributed by atoms with Crippen LogP contribution in [0.1, 0.15) is 22.4 Å². The Morgan fingerprint density at radius 3 is 2.76 bits per heavy atom. The molecule has 0 aliphatic heterocycles. The van der Waals surface area contributed by atoms with Crippen molar-refractivity contribution < 1.29 is 0 Å². The van der Waals surface area contributed by atoms with Crippen LogP contribution in [0.4, 0.5) is 0 Å². The van der Waals surface area contributed by atoms with Gasteiger partial charge in [-0.1, -0.05) is 37.3 Å². The molecule has 0 saturated carbocycles. The van der Waals surface area contributed by atoms with E-state index in [-0.39, 0.29) is 0 Å². The van der Waals surface area contributed by atoms with Gasteiger partial charge in [-0.05, 0) is 6.42 Å². The van der Waals surface area contributed by atoms with E-state index in [0.29, 0.717) is 12.4 Å². The molecule has 0 amide bonds. The summed E-state index contributed by atoms with van der Waals surface area (Å²) in [5.41, 5.74) is 6.87. The van der Waals surface area contributed by atoms with Crippen molar-refractivity contribution in [2.75, 3.05) is 0 Å². The summed E-state index contributed by atoms with van der Waals surface area (Å²) in [7, 11) is 0. The summed E-state index contributed by atoms with van der Waals surface area (Å²) < 4.78 is 0. The van der Waals surface area contributed by atoms with Gasteiger partial charge in [0.05, 0.1) is 6.54 Å². The Balaban J connectivity index is 2.05. The van der Waals surface area contributed by atoms with Crippen LogP contribution in [-0.2, 0) is 13.0 Å². The van der Waals surface area contributed by atoms with Gasteiger partial charge in [-0.15, -0.1) is 11.3 Å². The molecule has 0 spiro atoms. The van der Waals surface area contributed by atoms with Crippen molar-refractivity contribution in [2.45, 2.75) is 19.9 Å². The van der Waals surface area contributed by atoms with Gasteiger partial charge in [0.25, 0.3) is 0 Å². The van der Waals surface area contributed by atoms with E-state index < -0.39 is 0 Å². The standard InChI is InChI=1S/C13H15N3S/c1-2-11-8-15-12(17-11)9-16-13(14)10-6-4-3-5-7-10/h3-8H,2,9H2,1H3,(H2,14,16). The molecule has 0 radical (unpaired) electrons. The second-order valence-electron chi connectivity index (χ2n) is 3.64. The number of rotatable bonds is 4. The van der Waals surface area contributed by atoms with E-state index >= 15 is 0 Å². The highest BCUT2D eigenvalue weighted by Gasteiger charge is 2.00. The first kappa shape index (κ1) is 11.8. The third kappa shape index (κ3) is 3.14. The molecule has 1 heterocycles. The zero-order chi connectivity index (χ0) is 12.1. The Kier molecular flexibility index (Phi) is 3.88. The zero-order valence-corrected chi connectivity index (χ0v) is 10.6. The highest BCUT2D eigenvalue weighted by Crippen LogP contribution is 2.14. The molecule has 2 N–H and O–H groups in total. The maximum absolute atomic E-state index is 5.91. The average molecular weight is 245 g/mol. The predicted octanol–water partition coefficient (Wildman–Crippen LogP) is 2.61. The van der Waals surface area contributed by atoms with E-state index in [1.807, 2.05) is 36.5 Å². The Morgan fingerprint density at radius 1 is 1.35 bits per heavy atom. The first-order valence-corrected chi connectivity index (χ1v) is 6.40. The number of hydrogen-bond donors (Lipinski definition) is 1. The van der Waals surface area contributed by atoms with Gasteiger partial charge in [0.1, 0.15) is 10.8 Å². The lowest BCUT2D eigenvalue weighted by atomic mass is 10.2. The SMILES string of the molecule is CCc1cnc(CN=C(N)c2ccccc2)s1. The molecule has 4 heteroatoms. The van der Waals surface area contributed by atoms with Gasteiger partial charge in [-0.2, -0.15) is 0 Å². The van der Waals surface area contributed by atoms with Crippen LogP contribution in [0, 0.1) is 0 Å². The molecule has 1 aromatic carbocycles. The third-order valence-electron chi connectivity index (χ3n) is 2.40. The van der Waals surface area contributed by atoms with Crippen molar-refractivity contribution in [2.24, 2.45) is 10.7 Å². The maximum Gasteiger partial charge on any atom is 0.126 e. The second kappa shape index (κ2) is 5.59. The lowest BCUT2D eigenvalue weighted by Gasteiger charge is -1.99. The van der Waals surface area contributed by atoms with E-state index in [4.69, 9.17) is 5.73 Å². The second-order valence-corrected chi connectivity index (χ2v) is 4.84. The van der Waals surface area contributed by atoms with Crippen LogP contribution in [0.5, 0.6) is 0 Å². The maximum atomic E-state index is 5.91. The summed E-state index contributed by atoms with van der Waals surface area (Å²) in [5, 5.41) is 1.01. The molecule has 0 aliphatic rings. The largest absolute Gasteiger partial charge is 0.383 e. The van der Waals surface area contributed by atoms with Crippen molar-refractivity contribution in [3.8, 4) is 0 Å². The van der Waals surface area contributed by atoms with E-state index in [1.54, 1.807) is 11.3 Å². The van der Waals surface area contributed by atoms with Gasteiger partial charge in [0, 0.05) is 16.6 Å². The van der Waals surface area contributed by atoms with Crippen molar-refractivity contribution in [1.82, 2.24) is 4.98 Å². The molecular formula is C13H15N3S. The van der Waals surface area contributed by atoms with Crippen LogP contribution in [0.25, 0.3) is 0 Å². The van der Waals surface area contributed by atoms with Crippen LogP contribution in [0.15, 0.2) is 41.5 Å². The summed E-state index contributed by atoms with van der Waals surface area (Å²) in [6, 6.07) is 9.79. The van der Waals surface area contributed by atoms with Gasteiger partial charge in [-0.25, -0.2) is 4.98 Å². The lowest BCUT2D eigenvalue weighted by molar-refractivity contribution is 1.03. The van der Waals surface area contributed by atoms with Crippen LogP contribution in [0.2, 0.25) is 0 Å². The van der Waals surface area contributed by atoms with Crippen molar-refractivity contribution >= 4 is 17.2 Å². The molecule has 17 heavy (non-hydrogen) atoms. The fraction of sp³-hybridized carbons (Fsp3) is 0.231. The summed E-state index contributed by atoms with van der Waals surface area (Å²) in [4.78, 5) is 9.95. The summed E-state index contributed by atoms with van der Waals surface area (Å²) in [5.74, 6) is 0.568. The summed E-state index contributed by atoms with van der Waals surface area (Å²) in [6.45, 7) is 2.68. The number of aromatic nitrogens is 1. The number of nitrogens with zero attached hydrogens (tertiary/aromatic N) is 2. The normalized spacial score (nSPS) is 11.7. The summed E-state index contributed by atoms with van der Waals surface area (Å²) >= 11 is 1.70. The van der Waals surface area contributed by atoms with Gasteiger partial charge in [0.15, 0.2) is 0 Å². The van der Waals surface area contributed by atoms with Crippen LogP contribution in [-0.4, -0.2) is 10.8 Å². The lowest BCUT2D eigenvalue weighted by Crippen LogP contribution is -2.13. The van der Waals surface area contributed by atoms with Gasteiger partial charge in [0.2, 0.25) is 0 Å². The molecule has 1 aromatic heterocycles. The molecule has 0 saturated heterocycles. The number of amidine groups is 1. The summed E-state index contributed by atoms with van der Waals surface area (Å²) in [6.07, 6.45) is 2.93. The van der Waals surface area contributed by atoms with E-state index in [1.165, 1.54) is 4.88 Å². The molecule has 0 fully saturated rings. The van der Waals surface area contributed by atoms with Crippen molar-refractivity contribution in [1.29, 1.82) is 0 Å². The predicted molar refractivity (Wildman–Crippen MR) is 72.4 cm³/mol. The number of aryl methyl sites for hydroxylation is 1. The zero-order valence-electron chi connectivity index (χ0n) is 9.76. The molecule has 0 atom stereocenters. The highest BCUT2D eigenvalue weighted by molar-refractivity contribution is 7.11. The van der Waals surface area contributed by atoms with Gasteiger partial charge in [-0.3, -0.25) is 4.99 Å². The minimum absolute atomic E-state index is 0.561. The Morgan fingerprint density at radius 2 is 2.12 bits per heavy atom. The van der Waals surface area contributed by atoms with E-state index in [2.05, 4.69) is 16.9 Å². The molecule has 2 aromatic rings. The molecule has 0 unspecified atom stereocenters. The quantitative estimate of drug-likeness (QED) is 0.665. The first-order valence-electron chi connectivity index (χ1n) is 5.58. The Labute approximate surface area is 105 Å². The Hall–Kier alpha value is -1.68. The van der Waals surface area contributed by atoms with Gasteiger partial charge >= 0.3 is 0 Å². The number of thiazole rings is 1. The number of aliphatic imine (C=N–C) groups is 1. The fourth-order valence-electron chi connectivity index (χ4n) is 1.44. The van der Waals surface area contributed by atoms with E-state index in [9.17, 15) is 0 Å². The van der Waals surface area contributed by atoms with Crippen LogP contribution >= 0.6 is 11.3 Å². The average Bonchev–Trinajstić information content (AvgIpc) is 2.85. The molecule has 3 nitrogen and oxygen atoms in total. The van der Waals surface area contributed by atoms with E-state index in [0.717, 1.165) is 17.0 Å². The highest BCUT2D eigenvalue weighted by atomic mass is 32.1. The smallest absolute Gasteiger partial charge is 0.126 e. The number of hydrogen-bond acceptors (Lipinski definition) is 3. The van der Waals surface area contributed by atoms with Crippen molar-refractivity contribution in [3.05, 3.63) is 52.0 Å². The monoisotopic (exact) mass is 245 g/mol. The first-order chi connectivity index (χ1) is 8.29. The fourth-order valence-corrected chi connectivity index (χ4v) is 2.22. The molecule has 0 aliphatic carbocycles. The minimum Gasteiger partial charge on any atom is -0.383 e. The molecule has 88 valence electrons. The van der Waals surface area contributed by atoms with Crippen molar-refractivity contribution in [3.63, 3.8) is 0 Å². The number of nitrogens with two attached hydrogens (primary N) is 1. The third-order valence-corrected chi connectivity index (χ3v) is 3.53. The van der Waals surface area contributed by atoms with Crippen LogP contribution in [0.3, 0.4) is 0 Å². The molecule has 0 bridgehead atoms. The minimum atomic E-state index is 0.561.